The van der Waals surface area contributed by atoms with Gasteiger partial charge in [-0.2, -0.15) is 11.8 Å². The molecular weight excluding hydrogens is 228 g/mol. The number of hydrogen-bond acceptors (Lipinski definition) is 3. The van der Waals surface area contributed by atoms with Crippen molar-refractivity contribution in [1.29, 1.82) is 0 Å². The summed E-state index contributed by atoms with van der Waals surface area (Å²) in [4.78, 5) is 2.52. The highest BCUT2D eigenvalue weighted by Crippen LogP contribution is 2.32. The van der Waals surface area contributed by atoms with E-state index in [-0.39, 0.29) is 0 Å². The Labute approximate surface area is 112 Å². The van der Waals surface area contributed by atoms with Gasteiger partial charge in [0.1, 0.15) is 0 Å². The molecule has 0 aromatic carbocycles. The van der Waals surface area contributed by atoms with Gasteiger partial charge in [0.2, 0.25) is 0 Å². The van der Waals surface area contributed by atoms with E-state index in [9.17, 15) is 0 Å². The third kappa shape index (κ3) is 5.19. The monoisotopic (exact) mass is 258 g/mol. The Kier molecular flexibility index (Phi) is 7.56. The summed E-state index contributed by atoms with van der Waals surface area (Å²) in [5.41, 5.74) is 0. The van der Waals surface area contributed by atoms with Gasteiger partial charge in [-0.3, -0.25) is 0 Å². The molecule has 1 aliphatic carbocycles. The van der Waals surface area contributed by atoms with Gasteiger partial charge in [0.05, 0.1) is 0 Å². The zero-order valence-corrected chi connectivity index (χ0v) is 12.9. The van der Waals surface area contributed by atoms with Crippen LogP contribution < -0.4 is 5.32 Å². The molecule has 1 rings (SSSR count). The van der Waals surface area contributed by atoms with Crippen molar-refractivity contribution in [2.75, 3.05) is 32.4 Å². The van der Waals surface area contributed by atoms with E-state index < -0.39 is 0 Å². The molecule has 3 unspecified atom stereocenters. The average Bonchev–Trinajstić information content (AvgIpc) is 2.35. The van der Waals surface area contributed by atoms with Crippen LogP contribution >= 0.6 is 11.8 Å². The van der Waals surface area contributed by atoms with Crippen LogP contribution in [0.2, 0.25) is 0 Å². The molecule has 3 atom stereocenters. The smallest absolute Gasteiger partial charge is 0.0204 e. The van der Waals surface area contributed by atoms with Crippen molar-refractivity contribution >= 4 is 11.8 Å². The Hall–Kier alpha value is 0.270. The van der Waals surface area contributed by atoms with Crippen LogP contribution in [-0.4, -0.2) is 48.6 Å². The van der Waals surface area contributed by atoms with Crippen molar-refractivity contribution in [2.45, 2.75) is 51.3 Å². The Morgan fingerprint density at radius 2 is 1.94 bits per heavy atom. The molecule has 0 aromatic heterocycles. The summed E-state index contributed by atoms with van der Waals surface area (Å²) in [6, 6.07) is 0.743. The Bertz CT molecular complexity index is 195. The van der Waals surface area contributed by atoms with Crippen LogP contribution in [0.15, 0.2) is 0 Å². The van der Waals surface area contributed by atoms with Gasteiger partial charge < -0.3 is 10.2 Å². The van der Waals surface area contributed by atoms with Gasteiger partial charge in [0.25, 0.3) is 0 Å². The Morgan fingerprint density at radius 1 is 1.24 bits per heavy atom. The number of nitrogens with zero attached hydrogens (tertiary/aromatic N) is 1. The number of rotatable bonds is 7. The van der Waals surface area contributed by atoms with Gasteiger partial charge in [0.15, 0.2) is 0 Å². The summed E-state index contributed by atoms with van der Waals surface area (Å²) < 4.78 is 0. The topological polar surface area (TPSA) is 15.3 Å². The molecule has 0 aromatic rings. The van der Waals surface area contributed by atoms with Crippen molar-refractivity contribution in [3.05, 3.63) is 0 Å². The van der Waals surface area contributed by atoms with Crippen molar-refractivity contribution in [3.8, 4) is 0 Å². The Morgan fingerprint density at radius 3 is 2.53 bits per heavy atom. The molecule has 1 fully saturated rings. The summed E-state index contributed by atoms with van der Waals surface area (Å²) in [6.07, 6.45) is 4.16. The average molecular weight is 258 g/mol. The lowest BCUT2D eigenvalue weighted by atomic mass is 9.87. The van der Waals surface area contributed by atoms with E-state index in [4.69, 9.17) is 0 Å². The maximum absolute atomic E-state index is 3.51. The second-order valence-electron chi connectivity index (χ2n) is 5.25. The number of thioether (sulfide) groups is 1. The highest BCUT2D eigenvalue weighted by molar-refractivity contribution is 8.00. The first-order valence-corrected chi connectivity index (χ1v) is 8.27. The fourth-order valence-electron chi connectivity index (χ4n) is 2.72. The maximum atomic E-state index is 3.51. The zero-order chi connectivity index (χ0) is 12.7. The normalized spacial score (nSPS) is 29.8. The van der Waals surface area contributed by atoms with E-state index in [1.807, 2.05) is 0 Å². The molecule has 0 bridgehead atoms. The summed E-state index contributed by atoms with van der Waals surface area (Å²) in [7, 11) is 2.12. The van der Waals surface area contributed by atoms with Crippen molar-refractivity contribution in [2.24, 2.45) is 5.92 Å². The van der Waals surface area contributed by atoms with Crippen molar-refractivity contribution in [1.82, 2.24) is 10.2 Å². The predicted octanol–water partition coefficient (Wildman–Crippen LogP) is 2.84. The van der Waals surface area contributed by atoms with Crippen molar-refractivity contribution < 1.29 is 0 Å². The highest BCUT2D eigenvalue weighted by Gasteiger charge is 2.27. The van der Waals surface area contributed by atoms with Gasteiger partial charge >= 0.3 is 0 Å². The molecule has 0 spiro atoms. The van der Waals surface area contributed by atoms with E-state index in [1.165, 1.54) is 44.6 Å². The molecule has 0 radical (unpaired) electrons. The molecule has 0 heterocycles. The van der Waals surface area contributed by atoms with Crippen LogP contribution in [0.3, 0.4) is 0 Å². The molecule has 1 aliphatic rings. The van der Waals surface area contributed by atoms with Crippen LogP contribution in [0.25, 0.3) is 0 Å². The maximum Gasteiger partial charge on any atom is 0.0204 e. The summed E-state index contributed by atoms with van der Waals surface area (Å²) in [5.74, 6) is 2.21. The van der Waals surface area contributed by atoms with Crippen LogP contribution in [0.1, 0.15) is 40.0 Å². The molecular formula is C14H30N2S. The lowest BCUT2D eigenvalue weighted by Crippen LogP contribution is -2.41. The van der Waals surface area contributed by atoms with Gasteiger partial charge in [-0.05, 0) is 45.3 Å². The lowest BCUT2D eigenvalue weighted by Gasteiger charge is -2.34. The number of nitrogens with one attached hydrogen (secondary N) is 1. The third-order valence-electron chi connectivity index (χ3n) is 4.06. The van der Waals surface area contributed by atoms with E-state index >= 15 is 0 Å². The first kappa shape index (κ1) is 15.3. The lowest BCUT2D eigenvalue weighted by molar-refractivity contribution is 0.319. The largest absolute Gasteiger partial charge is 0.316 e. The van der Waals surface area contributed by atoms with Gasteiger partial charge in [-0.1, -0.05) is 20.8 Å². The molecule has 1 N–H and O–H groups in total. The van der Waals surface area contributed by atoms with E-state index in [1.54, 1.807) is 0 Å². The second kappa shape index (κ2) is 8.39. The van der Waals surface area contributed by atoms with Gasteiger partial charge in [-0.25, -0.2) is 0 Å². The molecule has 1 saturated carbocycles. The molecule has 17 heavy (non-hydrogen) atoms. The van der Waals surface area contributed by atoms with Crippen LogP contribution in [0.4, 0.5) is 0 Å². The quantitative estimate of drug-likeness (QED) is 0.756. The summed E-state index contributed by atoms with van der Waals surface area (Å²) in [5, 5.41) is 4.34. The van der Waals surface area contributed by atoms with Crippen molar-refractivity contribution in [3.63, 3.8) is 0 Å². The minimum absolute atomic E-state index is 0.743. The predicted molar refractivity (Wildman–Crippen MR) is 79.9 cm³/mol. The molecule has 3 heteroatoms. The molecule has 0 saturated heterocycles. The summed E-state index contributed by atoms with van der Waals surface area (Å²) in [6.45, 7) is 10.5. The third-order valence-corrected chi connectivity index (χ3v) is 5.43. The van der Waals surface area contributed by atoms with Crippen LogP contribution in [0, 0.1) is 5.92 Å². The molecule has 102 valence electrons. The molecule has 2 nitrogen and oxygen atoms in total. The second-order valence-corrected chi connectivity index (χ2v) is 6.60. The number of hydrogen-bond donors (Lipinski definition) is 1. The fourth-order valence-corrected chi connectivity index (χ4v) is 4.35. The highest BCUT2D eigenvalue weighted by atomic mass is 32.2. The standard InChI is InChI=1S/C14H30N2S/c1-5-16(6-2)9-10-17-14-11-12(3)7-8-13(14)15-4/h12-15H,5-11H2,1-4H3. The fraction of sp³-hybridized carbons (Fsp3) is 1.00. The Balaban J connectivity index is 2.27. The molecule has 0 amide bonds. The summed E-state index contributed by atoms with van der Waals surface area (Å²) >= 11 is 2.19. The van der Waals surface area contributed by atoms with Crippen LogP contribution in [0.5, 0.6) is 0 Å². The first-order chi connectivity index (χ1) is 8.21. The van der Waals surface area contributed by atoms with E-state index in [2.05, 4.69) is 49.8 Å². The minimum Gasteiger partial charge on any atom is -0.316 e. The SMILES string of the molecule is CCN(CC)CCSC1CC(C)CCC1NC. The van der Waals surface area contributed by atoms with Gasteiger partial charge in [-0.15, -0.1) is 0 Å². The zero-order valence-electron chi connectivity index (χ0n) is 12.0. The van der Waals surface area contributed by atoms with Gasteiger partial charge in [0, 0.05) is 23.6 Å². The van der Waals surface area contributed by atoms with Crippen LogP contribution in [-0.2, 0) is 0 Å². The first-order valence-electron chi connectivity index (χ1n) is 7.22. The van der Waals surface area contributed by atoms with E-state index in [0.717, 1.165) is 17.2 Å². The molecule has 0 aliphatic heterocycles. The van der Waals surface area contributed by atoms with E-state index in [0.29, 0.717) is 0 Å². The minimum atomic E-state index is 0.743.